The molecule has 2 rings (SSSR count). The minimum absolute atomic E-state index is 0.0267. The van der Waals surface area contributed by atoms with Crippen LogP contribution in [0.1, 0.15) is 12.8 Å². The number of carboxylic acids is 1. The monoisotopic (exact) mass is 181 g/mol. The van der Waals surface area contributed by atoms with Gasteiger partial charge in [0.25, 0.3) is 0 Å². The van der Waals surface area contributed by atoms with Gasteiger partial charge in [-0.05, 0) is 6.42 Å². The van der Waals surface area contributed by atoms with Crippen molar-refractivity contribution in [2.45, 2.75) is 18.9 Å². The van der Waals surface area contributed by atoms with Crippen LogP contribution in [-0.2, 0) is 9.59 Å². The van der Waals surface area contributed by atoms with Gasteiger partial charge in [-0.2, -0.15) is 0 Å². The van der Waals surface area contributed by atoms with Crippen molar-refractivity contribution >= 4 is 11.9 Å². The molecule has 1 aliphatic heterocycles. The normalized spacial score (nSPS) is 30.2. The molecule has 0 spiro atoms. The van der Waals surface area contributed by atoms with Gasteiger partial charge in [0.2, 0.25) is 5.91 Å². The lowest BCUT2D eigenvalue weighted by molar-refractivity contribution is -0.138. The molecule has 1 amide bonds. The van der Waals surface area contributed by atoms with E-state index in [9.17, 15) is 9.59 Å². The molecule has 4 heteroatoms. The summed E-state index contributed by atoms with van der Waals surface area (Å²) in [4.78, 5) is 23.4. The molecule has 13 heavy (non-hydrogen) atoms. The Labute approximate surface area is 75.8 Å². The van der Waals surface area contributed by atoms with Crippen LogP contribution in [0, 0.1) is 5.92 Å². The van der Waals surface area contributed by atoms with Crippen LogP contribution < -0.4 is 0 Å². The van der Waals surface area contributed by atoms with Crippen molar-refractivity contribution in [2.24, 2.45) is 5.92 Å². The van der Waals surface area contributed by atoms with E-state index in [1.807, 2.05) is 12.2 Å². The van der Waals surface area contributed by atoms with Crippen molar-refractivity contribution in [1.82, 2.24) is 4.90 Å². The van der Waals surface area contributed by atoms with Gasteiger partial charge in [0, 0.05) is 6.54 Å². The molecule has 1 fully saturated rings. The summed E-state index contributed by atoms with van der Waals surface area (Å²) < 4.78 is 0. The number of carboxylic acid groups (broad SMARTS) is 1. The zero-order chi connectivity index (χ0) is 9.42. The van der Waals surface area contributed by atoms with E-state index in [1.54, 1.807) is 4.90 Å². The molecule has 2 unspecified atom stereocenters. The van der Waals surface area contributed by atoms with Gasteiger partial charge in [-0.25, -0.2) is 0 Å². The second kappa shape index (κ2) is 2.87. The van der Waals surface area contributed by atoms with Gasteiger partial charge in [-0.1, -0.05) is 12.2 Å². The number of hydrogen-bond donors (Lipinski definition) is 1. The second-order valence-electron chi connectivity index (χ2n) is 3.47. The molecule has 1 aliphatic carbocycles. The molecule has 2 bridgehead atoms. The van der Waals surface area contributed by atoms with Gasteiger partial charge in [-0.15, -0.1) is 0 Å². The highest BCUT2D eigenvalue weighted by Gasteiger charge is 2.40. The molecule has 1 heterocycles. The van der Waals surface area contributed by atoms with Gasteiger partial charge < -0.3 is 10.0 Å². The molecule has 0 radical (unpaired) electrons. The van der Waals surface area contributed by atoms with Crippen LogP contribution in [0.15, 0.2) is 12.2 Å². The van der Waals surface area contributed by atoms with Crippen molar-refractivity contribution in [3.8, 4) is 0 Å². The van der Waals surface area contributed by atoms with Gasteiger partial charge >= 0.3 is 5.97 Å². The molecule has 4 nitrogen and oxygen atoms in total. The summed E-state index contributed by atoms with van der Waals surface area (Å²) in [5.41, 5.74) is 0. The summed E-state index contributed by atoms with van der Waals surface area (Å²) in [6.45, 7) is 0.347. The van der Waals surface area contributed by atoms with Crippen LogP contribution in [0.25, 0.3) is 0 Å². The third-order valence-electron chi connectivity index (χ3n) is 2.63. The third-order valence-corrected chi connectivity index (χ3v) is 2.63. The molecular weight excluding hydrogens is 170 g/mol. The van der Waals surface area contributed by atoms with Crippen molar-refractivity contribution in [3.63, 3.8) is 0 Å². The Morgan fingerprint density at radius 1 is 1.62 bits per heavy atom. The largest absolute Gasteiger partial charge is 0.481 e. The number of amides is 1. The van der Waals surface area contributed by atoms with Gasteiger partial charge in [0.1, 0.15) is 0 Å². The van der Waals surface area contributed by atoms with Crippen LogP contribution in [0.3, 0.4) is 0 Å². The Morgan fingerprint density at radius 2 is 2.38 bits per heavy atom. The summed E-state index contributed by atoms with van der Waals surface area (Å²) in [5, 5.41) is 8.47. The minimum Gasteiger partial charge on any atom is -0.481 e. The minimum atomic E-state index is -0.848. The average molecular weight is 181 g/mol. The quantitative estimate of drug-likeness (QED) is 0.635. The first-order valence-electron chi connectivity index (χ1n) is 4.39. The Bertz CT molecular complexity index is 285. The second-order valence-corrected chi connectivity index (χ2v) is 3.47. The van der Waals surface area contributed by atoms with Crippen molar-refractivity contribution in [1.29, 1.82) is 0 Å². The smallest absolute Gasteiger partial charge is 0.305 e. The predicted molar refractivity (Wildman–Crippen MR) is 45.0 cm³/mol. The van der Waals surface area contributed by atoms with E-state index in [4.69, 9.17) is 5.11 Å². The van der Waals surface area contributed by atoms with Crippen LogP contribution in [0.4, 0.5) is 0 Å². The number of carbonyl (C=O) groups excluding carboxylic acids is 1. The summed E-state index contributed by atoms with van der Waals surface area (Å²) in [6, 6.07) is 0.164. The standard InChI is InChI=1S/C9H11NO3/c11-8(12)3-4-10-7-2-1-6(5-7)9(10)13/h1-2,6-7H,3-5H2,(H,11,12). The molecular formula is C9H11NO3. The van der Waals surface area contributed by atoms with Crippen LogP contribution in [-0.4, -0.2) is 34.5 Å². The maximum absolute atomic E-state index is 11.5. The fourth-order valence-corrected chi connectivity index (χ4v) is 1.96. The number of rotatable bonds is 3. The summed E-state index contributed by atoms with van der Waals surface area (Å²) in [7, 11) is 0. The topological polar surface area (TPSA) is 57.6 Å². The molecule has 1 saturated heterocycles. The lowest BCUT2D eigenvalue weighted by atomic mass is 10.1. The van der Waals surface area contributed by atoms with Gasteiger partial charge in [0.15, 0.2) is 0 Å². The first-order valence-corrected chi connectivity index (χ1v) is 4.39. The zero-order valence-electron chi connectivity index (χ0n) is 7.14. The number of aliphatic carboxylic acids is 1. The number of likely N-dealkylation sites (tertiary alicyclic amines) is 1. The van der Waals surface area contributed by atoms with Crippen molar-refractivity contribution in [3.05, 3.63) is 12.2 Å². The Hall–Kier alpha value is -1.32. The number of fused-ring (bicyclic) bond motifs is 2. The fourth-order valence-electron chi connectivity index (χ4n) is 1.96. The van der Waals surface area contributed by atoms with Crippen LogP contribution in [0.2, 0.25) is 0 Å². The third kappa shape index (κ3) is 1.32. The SMILES string of the molecule is O=C(O)CCN1C(=O)C2C=CC1C2. The molecule has 0 aromatic heterocycles. The Balaban J connectivity index is 1.97. The summed E-state index contributed by atoms with van der Waals surface area (Å²) in [6.07, 6.45) is 4.80. The van der Waals surface area contributed by atoms with Crippen molar-refractivity contribution in [2.75, 3.05) is 6.54 Å². The highest BCUT2D eigenvalue weighted by atomic mass is 16.4. The van der Waals surface area contributed by atoms with Crippen LogP contribution in [0.5, 0.6) is 0 Å². The van der Waals surface area contributed by atoms with E-state index in [-0.39, 0.29) is 24.3 Å². The van der Waals surface area contributed by atoms with E-state index in [0.717, 1.165) is 6.42 Å². The fraction of sp³-hybridized carbons (Fsp3) is 0.556. The van der Waals surface area contributed by atoms with E-state index < -0.39 is 5.97 Å². The first kappa shape index (κ1) is 8.29. The highest BCUT2D eigenvalue weighted by molar-refractivity contribution is 5.85. The average Bonchev–Trinajstić information content (AvgIpc) is 2.61. The maximum Gasteiger partial charge on any atom is 0.305 e. The highest BCUT2D eigenvalue weighted by Crippen LogP contribution is 2.32. The summed E-state index contributed by atoms with van der Waals surface area (Å²) >= 11 is 0. The van der Waals surface area contributed by atoms with Crippen LogP contribution >= 0.6 is 0 Å². The van der Waals surface area contributed by atoms with Gasteiger partial charge in [0.05, 0.1) is 18.4 Å². The lowest BCUT2D eigenvalue weighted by Crippen LogP contribution is -2.36. The van der Waals surface area contributed by atoms with Gasteiger partial charge in [-0.3, -0.25) is 9.59 Å². The number of carbonyl (C=O) groups is 2. The summed E-state index contributed by atoms with van der Waals surface area (Å²) in [5.74, 6) is -0.730. The lowest BCUT2D eigenvalue weighted by Gasteiger charge is -2.22. The Kier molecular flexibility index (Phi) is 1.83. The number of hydrogen-bond acceptors (Lipinski definition) is 2. The molecule has 0 aromatic carbocycles. The van der Waals surface area contributed by atoms with E-state index in [0.29, 0.717) is 6.54 Å². The molecule has 2 atom stereocenters. The molecule has 0 saturated carbocycles. The predicted octanol–water partition coefficient (Wildman–Crippen LogP) is 0.248. The maximum atomic E-state index is 11.5. The van der Waals surface area contributed by atoms with Crippen molar-refractivity contribution < 1.29 is 14.7 Å². The number of nitrogens with zero attached hydrogens (tertiary/aromatic N) is 1. The Morgan fingerprint density at radius 3 is 2.92 bits per heavy atom. The van der Waals surface area contributed by atoms with E-state index in [1.165, 1.54) is 0 Å². The zero-order valence-corrected chi connectivity index (χ0v) is 7.14. The molecule has 0 aromatic rings. The van der Waals surface area contributed by atoms with E-state index in [2.05, 4.69) is 0 Å². The first-order chi connectivity index (χ1) is 6.18. The van der Waals surface area contributed by atoms with E-state index >= 15 is 0 Å². The molecule has 70 valence electrons. The molecule has 1 N–H and O–H groups in total. The molecule has 2 aliphatic rings.